The van der Waals surface area contributed by atoms with Gasteiger partial charge in [0.05, 0.1) is 10.6 Å². The summed E-state index contributed by atoms with van der Waals surface area (Å²) in [6, 6.07) is 11.0. The Labute approximate surface area is 144 Å². The van der Waals surface area contributed by atoms with Crippen molar-refractivity contribution < 1.29 is 4.79 Å². The van der Waals surface area contributed by atoms with Gasteiger partial charge >= 0.3 is 0 Å². The standard InChI is InChI=1S/C16H19ClN4OS/c17-14-6-2-1-5-13(14)15(22)19-9-10-21-16(18)20-8-7-12-4-3-11-23-12/h1-6,11H,7-10H2,(H,19,22)(H3,18,20,21). The number of nitrogens with two attached hydrogens (primary N) is 1. The minimum Gasteiger partial charge on any atom is -0.370 e. The first-order valence-corrected chi connectivity index (χ1v) is 8.51. The molecule has 5 nitrogen and oxygen atoms in total. The predicted molar refractivity (Wildman–Crippen MR) is 96.3 cm³/mol. The van der Waals surface area contributed by atoms with Crippen molar-refractivity contribution in [2.24, 2.45) is 10.7 Å². The maximum absolute atomic E-state index is 11.9. The van der Waals surface area contributed by atoms with E-state index in [9.17, 15) is 4.79 Å². The summed E-state index contributed by atoms with van der Waals surface area (Å²) in [5.74, 6) is 0.180. The van der Waals surface area contributed by atoms with Crippen LogP contribution in [0.1, 0.15) is 15.2 Å². The molecule has 23 heavy (non-hydrogen) atoms. The van der Waals surface area contributed by atoms with Crippen molar-refractivity contribution in [3.63, 3.8) is 0 Å². The van der Waals surface area contributed by atoms with Crippen LogP contribution in [0.15, 0.2) is 46.8 Å². The zero-order valence-corrected chi connectivity index (χ0v) is 14.2. The minimum absolute atomic E-state index is 0.203. The SMILES string of the molecule is NC(=NCCc1cccs1)NCCNC(=O)c1ccccc1Cl. The Morgan fingerprint density at radius 3 is 2.70 bits per heavy atom. The summed E-state index contributed by atoms with van der Waals surface area (Å²) < 4.78 is 0. The fraction of sp³-hybridized carbons (Fsp3) is 0.250. The Hall–Kier alpha value is -2.05. The van der Waals surface area contributed by atoms with Gasteiger partial charge in [-0.15, -0.1) is 11.3 Å². The number of guanidine groups is 1. The van der Waals surface area contributed by atoms with Crippen molar-refractivity contribution in [2.75, 3.05) is 19.6 Å². The Balaban J connectivity index is 1.64. The van der Waals surface area contributed by atoms with Gasteiger partial charge in [0.25, 0.3) is 5.91 Å². The number of thiophene rings is 1. The molecule has 0 radical (unpaired) electrons. The van der Waals surface area contributed by atoms with E-state index >= 15 is 0 Å². The minimum atomic E-state index is -0.203. The molecular formula is C16H19ClN4OS. The summed E-state index contributed by atoms with van der Waals surface area (Å²) in [5.41, 5.74) is 6.24. The Bertz CT molecular complexity index is 658. The molecule has 0 aliphatic heterocycles. The smallest absolute Gasteiger partial charge is 0.252 e. The molecule has 0 bridgehead atoms. The average Bonchev–Trinajstić information content (AvgIpc) is 3.05. The van der Waals surface area contributed by atoms with E-state index in [4.69, 9.17) is 17.3 Å². The monoisotopic (exact) mass is 350 g/mol. The first-order chi connectivity index (χ1) is 11.2. The zero-order valence-electron chi connectivity index (χ0n) is 12.6. The van der Waals surface area contributed by atoms with E-state index < -0.39 is 0 Å². The number of aliphatic imine (C=N–C) groups is 1. The van der Waals surface area contributed by atoms with E-state index in [1.54, 1.807) is 35.6 Å². The second kappa shape index (κ2) is 9.17. The molecule has 4 N–H and O–H groups in total. The van der Waals surface area contributed by atoms with Gasteiger partial charge in [0.1, 0.15) is 0 Å². The number of halogens is 1. The summed E-state index contributed by atoms with van der Waals surface area (Å²) in [6.45, 7) is 1.58. The summed E-state index contributed by atoms with van der Waals surface area (Å²) in [4.78, 5) is 17.5. The van der Waals surface area contributed by atoms with Gasteiger partial charge in [-0.2, -0.15) is 0 Å². The van der Waals surface area contributed by atoms with Crippen LogP contribution < -0.4 is 16.4 Å². The number of nitrogens with zero attached hydrogens (tertiary/aromatic N) is 1. The molecule has 0 aliphatic rings. The van der Waals surface area contributed by atoms with Crippen molar-refractivity contribution in [1.29, 1.82) is 0 Å². The van der Waals surface area contributed by atoms with Crippen molar-refractivity contribution in [3.8, 4) is 0 Å². The highest BCUT2D eigenvalue weighted by atomic mass is 35.5. The molecule has 1 aromatic heterocycles. The van der Waals surface area contributed by atoms with Crippen LogP contribution in [0, 0.1) is 0 Å². The van der Waals surface area contributed by atoms with Gasteiger partial charge in [0.15, 0.2) is 5.96 Å². The van der Waals surface area contributed by atoms with Crippen LogP contribution in [0.5, 0.6) is 0 Å². The van der Waals surface area contributed by atoms with Crippen LogP contribution in [0.3, 0.4) is 0 Å². The Kier molecular flexibility index (Phi) is 6.90. The number of rotatable bonds is 7. The van der Waals surface area contributed by atoms with E-state index in [0.717, 1.165) is 6.42 Å². The molecule has 0 atom stereocenters. The molecule has 0 aliphatic carbocycles. The Morgan fingerprint density at radius 1 is 1.17 bits per heavy atom. The molecule has 1 aromatic carbocycles. The highest BCUT2D eigenvalue weighted by molar-refractivity contribution is 7.09. The molecule has 7 heteroatoms. The molecule has 0 saturated heterocycles. The number of carbonyl (C=O) groups excluding carboxylic acids is 1. The van der Waals surface area contributed by atoms with Gasteiger partial charge in [0, 0.05) is 30.9 Å². The fourth-order valence-electron chi connectivity index (χ4n) is 1.90. The van der Waals surface area contributed by atoms with Crippen LogP contribution in [-0.2, 0) is 6.42 Å². The molecule has 0 spiro atoms. The number of amides is 1. The predicted octanol–water partition coefficient (Wildman–Crippen LogP) is 2.28. The van der Waals surface area contributed by atoms with Crippen LogP contribution in [0.2, 0.25) is 5.02 Å². The average molecular weight is 351 g/mol. The van der Waals surface area contributed by atoms with Crippen LogP contribution in [0.4, 0.5) is 0 Å². The molecular weight excluding hydrogens is 332 g/mol. The number of hydrogen-bond acceptors (Lipinski definition) is 3. The maximum Gasteiger partial charge on any atom is 0.252 e. The van der Waals surface area contributed by atoms with E-state index in [-0.39, 0.29) is 5.91 Å². The lowest BCUT2D eigenvalue weighted by molar-refractivity contribution is 0.0954. The van der Waals surface area contributed by atoms with Crippen LogP contribution in [0.25, 0.3) is 0 Å². The topological polar surface area (TPSA) is 79.5 Å². The van der Waals surface area contributed by atoms with Crippen molar-refractivity contribution in [1.82, 2.24) is 10.6 Å². The number of nitrogens with one attached hydrogen (secondary N) is 2. The van der Waals surface area contributed by atoms with Crippen molar-refractivity contribution in [2.45, 2.75) is 6.42 Å². The quantitative estimate of drug-likeness (QED) is 0.407. The molecule has 2 aromatic rings. The molecule has 1 amide bonds. The lowest BCUT2D eigenvalue weighted by Crippen LogP contribution is -2.38. The van der Waals surface area contributed by atoms with Gasteiger partial charge in [-0.3, -0.25) is 9.79 Å². The summed E-state index contributed by atoms with van der Waals surface area (Å²) in [6.07, 6.45) is 0.878. The maximum atomic E-state index is 11.9. The first kappa shape index (κ1) is 17.3. The van der Waals surface area contributed by atoms with Gasteiger partial charge in [-0.05, 0) is 23.6 Å². The van der Waals surface area contributed by atoms with Crippen LogP contribution in [-0.4, -0.2) is 31.5 Å². The van der Waals surface area contributed by atoms with Gasteiger partial charge in [-0.25, -0.2) is 0 Å². The first-order valence-electron chi connectivity index (χ1n) is 7.25. The van der Waals surface area contributed by atoms with Gasteiger partial charge in [-0.1, -0.05) is 29.8 Å². The molecule has 122 valence electrons. The molecule has 0 saturated carbocycles. The second-order valence-electron chi connectivity index (χ2n) is 4.76. The third-order valence-corrected chi connectivity index (χ3v) is 4.32. The third kappa shape index (κ3) is 5.92. The largest absolute Gasteiger partial charge is 0.370 e. The molecule has 0 unspecified atom stereocenters. The lowest BCUT2D eigenvalue weighted by Gasteiger charge is -2.08. The number of benzene rings is 1. The van der Waals surface area contributed by atoms with E-state index in [2.05, 4.69) is 21.7 Å². The normalized spacial score (nSPS) is 11.3. The molecule has 1 heterocycles. The van der Waals surface area contributed by atoms with E-state index in [1.807, 2.05) is 11.4 Å². The van der Waals surface area contributed by atoms with Crippen molar-refractivity contribution in [3.05, 3.63) is 57.2 Å². The number of hydrogen-bond donors (Lipinski definition) is 3. The van der Waals surface area contributed by atoms with Crippen molar-refractivity contribution >= 4 is 34.8 Å². The summed E-state index contributed by atoms with van der Waals surface area (Å²) in [7, 11) is 0. The van der Waals surface area contributed by atoms with E-state index in [1.165, 1.54) is 4.88 Å². The highest BCUT2D eigenvalue weighted by Gasteiger charge is 2.08. The highest BCUT2D eigenvalue weighted by Crippen LogP contribution is 2.14. The Morgan fingerprint density at radius 2 is 1.96 bits per heavy atom. The second-order valence-corrected chi connectivity index (χ2v) is 6.20. The fourth-order valence-corrected chi connectivity index (χ4v) is 2.82. The summed E-state index contributed by atoms with van der Waals surface area (Å²) in [5, 5.41) is 8.23. The van der Waals surface area contributed by atoms with Gasteiger partial charge in [0.2, 0.25) is 0 Å². The zero-order chi connectivity index (χ0) is 16.5. The number of carbonyl (C=O) groups is 1. The molecule has 0 fully saturated rings. The van der Waals surface area contributed by atoms with Crippen LogP contribution >= 0.6 is 22.9 Å². The van der Waals surface area contributed by atoms with Gasteiger partial charge < -0.3 is 16.4 Å². The van der Waals surface area contributed by atoms with E-state index in [0.29, 0.717) is 36.2 Å². The summed E-state index contributed by atoms with van der Waals surface area (Å²) >= 11 is 7.68. The lowest BCUT2D eigenvalue weighted by atomic mass is 10.2. The molecule has 2 rings (SSSR count). The third-order valence-electron chi connectivity index (χ3n) is 3.06.